The Morgan fingerprint density at radius 2 is 1.86 bits per heavy atom. The molecule has 0 aromatic carbocycles. The van der Waals surface area contributed by atoms with E-state index in [4.69, 9.17) is 0 Å². The van der Waals surface area contributed by atoms with Crippen molar-refractivity contribution in [1.82, 2.24) is 5.32 Å². The van der Waals surface area contributed by atoms with Gasteiger partial charge in [0.15, 0.2) is 0 Å². The van der Waals surface area contributed by atoms with Gasteiger partial charge in [-0.1, -0.05) is 12.2 Å². The molecule has 1 amide bonds. The molecule has 0 aromatic heterocycles. The van der Waals surface area contributed by atoms with E-state index in [1.807, 2.05) is 5.32 Å². The Hall–Kier alpha value is -1.07. The third-order valence-corrected chi connectivity index (χ3v) is 1.92. The fourth-order valence-electron chi connectivity index (χ4n) is 1.12. The number of rotatable bonds is 3. The van der Waals surface area contributed by atoms with Crippen molar-refractivity contribution in [3.63, 3.8) is 0 Å². The van der Waals surface area contributed by atoms with Crippen LogP contribution < -0.4 is 5.32 Å². The largest absolute Gasteiger partial charge is 0.383 e. The SMILES string of the molecule is O=C(NC1CC=CC1)C(F)(F)C(F)F. The van der Waals surface area contributed by atoms with E-state index < -0.39 is 24.3 Å². The molecule has 0 saturated carbocycles. The Kier molecular flexibility index (Phi) is 3.13. The Morgan fingerprint density at radius 1 is 1.36 bits per heavy atom. The highest BCUT2D eigenvalue weighted by Crippen LogP contribution is 2.23. The van der Waals surface area contributed by atoms with Gasteiger partial charge in [0.2, 0.25) is 0 Å². The second-order valence-electron chi connectivity index (χ2n) is 3.04. The standard InChI is InChI=1S/C8H9F4NO/c9-6(10)8(11,12)7(14)13-5-3-1-2-4-5/h1-2,5-6H,3-4H2,(H,13,14). The maximum Gasteiger partial charge on any atom is 0.383 e. The zero-order valence-corrected chi connectivity index (χ0v) is 7.14. The molecule has 0 saturated heterocycles. The monoisotopic (exact) mass is 211 g/mol. The van der Waals surface area contributed by atoms with Gasteiger partial charge in [0.25, 0.3) is 5.91 Å². The van der Waals surface area contributed by atoms with Crippen LogP contribution >= 0.6 is 0 Å². The van der Waals surface area contributed by atoms with E-state index in [1.165, 1.54) is 0 Å². The van der Waals surface area contributed by atoms with Gasteiger partial charge in [0, 0.05) is 6.04 Å². The maximum atomic E-state index is 12.4. The zero-order valence-electron chi connectivity index (χ0n) is 7.14. The lowest BCUT2D eigenvalue weighted by Crippen LogP contribution is -2.48. The predicted molar refractivity (Wildman–Crippen MR) is 41.3 cm³/mol. The number of alkyl halides is 4. The summed E-state index contributed by atoms with van der Waals surface area (Å²) in [4.78, 5) is 10.7. The number of nitrogens with one attached hydrogen (secondary N) is 1. The minimum Gasteiger partial charge on any atom is -0.347 e. The van der Waals surface area contributed by atoms with Crippen LogP contribution in [0, 0.1) is 0 Å². The van der Waals surface area contributed by atoms with Crippen LogP contribution in [0.3, 0.4) is 0 Å². The van der Waals surface area contributed by atoms with E-state index in [0.29, 0.717) is 12.8 Å². The summed E-state index contributed by atoms with van der Waals surface area (Å²) in [5.41, 5.74) is 0. The first-order valence-corrected chi connectivity index (χ1v) is 4.06. The molecule has 1 N–H and O–H groups in total. The molecular formula is C8H9F4NO. The summed E-state index contributed by atoms with van der Waals surface area (Å²) in [6.45, 7) is 0. The average molecular weight is 211 g/mol. The fraction of sp³-hybridized carbons (Fsp3) is 0.625. The smallest absolute Gasteiger partial charge is 0.347 e. The molecule has 1 rings (SSSR count). The second kappa shape index (κ2) is 3.98. The van der Waals surface area contributed by atoms with Crippen molar-refractivity contribution in [2.75, 3.05) is 0 Å². The van der Waals surface area contributed by atoms with Crippen LogP contribution in [0.4, 0.5) is 17.6 Å². The van der Waals surface area contributed by atoms with Gasteiger partial charge in [-0.15, -0.1) is 0 Å². The highest BCUT2D eigenvalue weighted by molar-refractivity contribution is 5.84. The van der Waals surface area contributed by atoms with Crippen molar-refractivity contribution >= 4 is 5.91 Å². The van der Waals surface area contributed by atoms with Crippen molar-refractivity contribution in [2.45, 2.75) is 31.2 Å². The van der Waals surface area contributed by atoms with Crippen molar-refractivity contribution in [3.8, 4) is 0 Å². The average Bonchev–Trinajstić information content (AvgIpc) is 2.56. The molecule has 80 valence electrons. The lowest BCUT2D eigenvalue weighted by atomic mass is 10.2. The van der Waals surface area contributed by atoms with Crippen molar-refractivity contribution in [2.24, 2.45) is 0 Å². The Balaban J connectivity index is 2.48. The van der Waals surface area contributed by atoms with Crippen LogP contribution in [0.25, 0.3) is 0 Å². The first-order valence-electron chi connectivity index (χ1n) is 4.06. The summed E-state index contributed by atoms with van der Waals surface area (Å²) in [5.74, 6) is -6.50. The molecule has 0 heterocycles. The molecule has 0 aromatic rings. The fourth-order valence-corrected chi connectivity index (χ4v) is 1.12. The molecule has 0 radical (unpaired) electrons. The molecular weight excluding hydrogens is 202 g/mol. The number of carbonyl (C=O) groups is 1. The summed E-state index contributed by atoms with van der Waals surface area (Å²) >= 11 is 0. The third kappa shape index (κ3) is 2.24. The third-order valence-electron chi connectivity index (χ3n) is 1.92. The molecule has 1 aliphatic rings. The minimum absolute atomic E-state index is 0.408. The van der Waals surface area contributed by atoms with Crippen LogP contribution in [0.2, 0.25) is 0 Å². The molecule has 0 unspecified atom stereocenters. The first-order chi connectivity index (χ1) is 6.44. The summed E-state index contributed by atoms with van der Waals surface area (Å²) in [5, 5.41) is 1.87. The zero-order chi connectivity index (χ0) is 10.8. The van der Waals surface area contributed by atoms with Crippen LogP contribution in [-0.2, 0) is 4.79 Å². The van der Waals surface area contributed by atoms with Gasteiger partial charge in [0.1, 0.15) is 0 Å². The highest BCUT2D eigenvalue weighted by Gasteiger charge is 2.49. The Bertz CT molecular complexity index is 244. The molecule has 1 aliphatic carbocycles. The molecule has 0 bridgehead atoms. The van der Waals surface area contributed by atoms with E-state index in [0.717, 1.165) is 0 Å². The topological polar surface area (TPSA) is 29.1 Å². The predicted octanol–water partition coefficient (Wildman–Crippen LogP) is 1.72. The van der Waals surface area contributed by atoms with Gasteiger partial charge in [-0.2, -0.15) is 8.78 Å². The summed E-state index contributed by atoms with van der Waals surface area (Å²) in [6, 6.07) is -0.480. The van der Waals surface area contributed by atoms with E-state index >= 15 is 0 Å². The molecule has 14 heavy (non-hydrogen) atoms. The molecule has 0 aliphatic heterocycles. The van der Waals surface area contributed by atoms with E-state index in [1.54, 1.807) is 12.2 Å². The lowest BCUT2D eigenvalue weighted by Gasteiger charge is -2.18. The van der Waals surface area contributed by atoms with Crippen LogP contribution in [0.5, 0.6) is 0 Å². The highest BCUT2D eigenvalue weighted by atomic mass is 19.3. The number of hydrogen-bond acceptors (Lipinski definition) is 1. The molecule has 6 heteroatoms. The van der Waals surface area contributed by atoms with Gasteiger partial charge >= 0.3 is 12.3 Å². The molecule has 0 fully saturated rings. The maximum absolute atomic E-state index is 12.4. The van der Waals surface area contributed by atoms with Gasteiger partial charge < -0.3 is 5.32 Å². The number of hydrogen-bond donors (Lipinski definition) is 1. The Morgan fingerprint density at radius 3 is 2.29 bits per heavy atom. The quantitative estimate of drug-likeness (QED) is 0.559. The summed E-state index contributed by atoms with van der Waals surface area (Å²) in [6.07, 6.45) is 0.254. The first kappa shape index (κ1) is 11.0. The van der Waals surface area contributed by atoms with Crippen molar-refractivity contribution < 1.29 is 22.4 Å². The molecule has 0 spiro atoms. The van der Waals surface area contributed by atoms with E-state index in [9.17, 15) is 22.4 Å². The van der Waals surface area contributed by atoms with Crippen LogP contribution in [0.15, 0.2) is 12.2 Å². The van der Waals surface area contributed by atoms with Crippen molar-refractivity contribution in [3.05, 3.63) is 12.2 Å². The van der Waals surface area contributed by atoms with Crippen LogP contribution in [0.1, 0.15) is 12.8 Å². The van der Waals surface area contributed by atoms with Crippen LogP contribution in [-0.4, -0.2) is 24.3 Å². The lowest BCUT2D eigenvalue weighted by molar-refractivity contribution is -0.170. The van der Waals surface area contributed by atoms with Gasteiger partial charge in [-0.25, -0.2) is 8.78 Å². The number of amides is 1. The van der Waals surface area contributed by atoms with Crippen molar-refractivity contribution in [1.29, 1.82) is 0 Å². The summed E-state index contributed by atoms with van der Waals surface area (Å²) < 4.78 is 48.2. The molecule has 2 nitrogen and oxygen atoms in total. The van der Waals surface area contributed by atoms with Gasteiger partial charge in [-0.05, 0) is 12.8 Å². The van der Waals surface area contributed by atoms with Gasteiger partial charge in [-0.3, -0.25) is 4.79 Å². The van der Waals surface area contributed by atoms with E-state index in [-0.39, 0.29) is 0 Å². The minimum atomic E-state index is -4.59. The second-order valence-corrected chi connectivity index (χ2v) is 3.04. The van der Waals surface area contributed by atoms with Gasteiger partial charge in [0.05, 0.1) is 0 Å². The van der Waals surface area contributed by atoms with E-state index in [2.05, 4.69) is 0 Å². The normalized spacial score (nSPS) is 17.8. The Labute approximate surface area is 78.0 Å². The number of carbonyl (C=O) groups excluding carboxylic acids is 1. The summed E-state index contributed by atoms with van der Waals surface area (Å²) in [7, 11) is 0. The molecule has 0 atom stereocenters. The number of halogens is 4.